The van der Waals surface area contributed by atoms with Gasteiger partial charge in [0.2, 0.25) is 11.8 Å². The minimum atomic E-state index is -0.227. The van der Waals surface area contributed by atoms with Gasteiger partial charge in [0.05, 0.1) is 32.4 Å². The molecular formula is C34H61N5O7. The van der Waals surface area contributed by atoms with Gasteiger partial charge in [0.15, 0.2) is 0 Å². The number of carbonyl (C=O) groups excluding carboxylic acids is 5. The van der Waals surface area contributed by atoms with Crippen LogP contribution in [0.2, 0.25) is 0 Å². The summed E-state index contributed by atoms with van der Waals surface area (Å²) in [5.41, 5.74) is 2.49. The number of rotatable bonds is 19. The van der Waals surface area contributed by atoms with E-state index in [0.717, 1.165) is 55.0 Å². The van der Waals surface area contributed by atoms with Crippen LogP contribution in [-0.4, -0.2) is 101 Å². The number of anilines is 1. The molecule has 0 saturated heterocycles. The summed E-state index contributed by atoms with van der Waals surface area (Å²) in [5, 5.41) is 20.5. The molecule has 0 radical (unpaired) electrons. The molecule has 0 aliphatic heterocycles. The van der Waals surface area contributed by atoms with Crippen molar-refractivity contribution < 1.29 is 33.8 Å². The van der Waals surface area contributed by atoms with Crippen LogP contribution in [0.1, 0.15) is 65.9 Å². The molecule has 2 amide bonds. The molecule has 1 rings (SSSR count). The van der Waals surface area contributed by atoms with E-state index >= 15 is 0 Å². The number of hydrogen-bond acceptors (Lipinski definition) is 10. The number of nitrogens with one attached hydrogen (secondary N) is 4. The van der Waals surface area contributed by atoms with Crippen molar-refractivity contribution in [3.63, 3.8) is 0 Å². The fourth-order valence-electron chi connectivity index (χ4n) is 2.79. The summed E-state index contributed by atoms with van der Waals surface area (Å²) in [6.45, 7) is 16.7. The average molecular weight is 652 g/mol. The third kappa shape index (κ3) is 38.3. The first-order valence-corrected chi connectivity index (χ1v) is 15.6. The summed E-state index contributed by atoms with van der Waals surface area (Å²) in [6, 6.07) is 6.94. The molecule has 12 heteroatoms. The number of aldehydes is 3. The highest BCUT2D eigenvalue weighted by Gasteiger charge is 2.15. The van der Waals surface area contributed by atoms with Gasteiger partial charge in [0.25, 0.3) is 0 Å². The lowest BCUT2D eigenvalue weighted by atomic mass is 10.1. The van der Waals surface area contributed by atoms with E-state index in [4.69, 9.17) is 9.84 Å². The second kappa shape index (κ2) is 39.3. The molecule has 5 N–H and O–H groups in total. The quantitative estimate of drug-likeness (QED) is 0.0852. The maximum Gasteiger partial charge on any atom is 0.241 e. The van der Waals surface area contributed by atoms with E-state index in [1.54, 1.807) is 31.3 Å². The Morgan fingerprint density at radius 1 is 1.00 bits per heavy atom. The Bertz CT molecular complexity index is 913. The van der Waals surface area contributed by atoms with E-state index in [0.29, 0.717) is 38.5 Å². The lowest BCUT2D eigenvalue weighted by molar-refractivity contribution is -0.123. The van der Waals surface area contributed by atoms with Gasteiger partial charge in [-0.2, -0.15) is 0 Å². The normalized spacial score (nSPS) is 10.1. The van der Waals surface area contributed by atoms with Crippen LogP contribution >= 0.6 is 0 Å². The van der Waals surface area contributed by atoms with E-state index in [1.807, 2.05) is 39.8 Å². The molecule has 1 aromatic carbocycles. The zero-order chi connectivity index (χ0) is 36.0. The molecule has 0 bridgehead atoms. The molecule has 0 aliphatic carbocycles. The fourth-order valence-corrected chi connectivity index (χ4v) is 2.79. The smallest absolute Gasteiger partial charge is 0.241 e. The van der Waals surface area contributed by atoms with Crippen LogP contribution in [0.3, 0.4) is 0 Å². The van der Waals surface area contributed by atoms with Crippen LogP contribution in [-0.2, 0) is 35.3 Å². The number of amides is 2. The summed E-state index contributed by atoms with van der Waals surface area (Å²) in [6.07, 6.45) is 7.21. The molecule has 46 heavy (non-hydrogen) atoms. The number of aliphatic hydroxyl groups is 1. The van der Waals surface area contributed by atoms with Gasteiger partial charge in [-0.25, -0.2) is 0 Å². The van der Waals surface area contributed by atoms with Crippen LogP contribution in [0.15, 0.2) is 48.7 Å². The van der Waals surface area contributed by atoms with E-state index in [-0.39, 0.29) is 31.0 Å². The highest BCUT2D eigenvalue weighted by molar-refractivity contribution is 5.94. The second-order valence-electron chi connectivity index (χ2n) is 9.54. The first-order chi connectivity index (χ1) is 22.1. The predicted molar refractivity (Wildman–Crippen MR) is 188 cm³/mol. The number of ether oxygens (including phenoxy) is 1. The maximum atomic E-state index is 12.2. The van der Waals surface area contributed by atoms with Crippen LogP contribution < -0.4 is 21.3 Å². The SMILES string of the molecule is C=C(C)NCCCC(NC)C(=O)Nc1ccc(CO)cc1.CC.CCC.CN(C)CCOCCC(=O)NCC=O.O=C/C=C\C=O. The molecule has 1 atom stereocenters. The summed E-state index contributed by atoms with van der Waals surface area (Å²) in [5.74, 6) is -0.202. The van der Waals surface area contributed by atoms with Gasteiger partial charge < -0.3 is 40.8 Å². The summed E-state index contributed by atoms with van der Waals surface area (Å²) in [7, 11) is 5.70. The Balaban J connectivity index is -0.000000303. The van der Waals surface area contributed by atoms with Gasteiger partial charge in [-0.1, -0.05) is 52.8 Å². The maximum absolute atomic E-state index is 12.2. The van der Waals surface area contributed by atoms with Crippen molar-refractivity contribution in [2.24, 2.45) is 0 Å². The first kappa shape index (κ1) is 49.2. The Labute approximate surface area is 277 Å². The molecule has 0 aliphatic rings. The molecule has 1 unspecified atom stereocenters. The van der Waals surface area contributed by atoms with E-state index in [2.05, 4.69) is 41.7 Å². The topological polar surface area (TPSA) is 166 Å². The average Bonchev–Trinajstić information content (AvgIpc) is 3.04. The van der Waals surface area contributed by atoms with Gasteiger partial charge in [-0.3, -0.25) is 19.2 Å². The van der Waals surface area contributed by atoms with Gasteiger partial charge in [-0.05, 0) is 70.8 Å². The Morgan fingerprint density at radius 3 is 2.00 bits per heavy atom. The van der Waals surface area contributed by atoms with E-state index < -0.39 is 0 Å². The number of allylic oxidation sites excluding steroid dienone is 3. The van der Waals surface area contributed by atoms with E-state index in [1.165, 1.54) is 6.42 Å². The lowest BCUT2D eigenvalue weighted by Gasteiger charge is -2.16. The Morgan fingerprint density at radius 2 is 1.57 bits per heavy atom. The van der Waals surface area contributed by atoms with Crippen molar-refractivity contribution in [3.8, 4) is 0 Å². The number of hydrogen-bond donors (Lipinski definition) is 5. The largest absolute Gasteiger partial charge is 0.392 e. The lowest BCUT2D eigenvalue weighted by Crippen LogP contribution is -2.38. The van der Waals surface area contributed by atoms with Gasteiger partial charge in [0.1, 0.15) is 18.9 Å². The van der Waals surface area contributed by atoms with Crippen LogP contribution in [0.5, 0.6) is 0 Å². The zero-order valence-corrected chi connectivity index (χ0v) is 29.4. The highest BCUT2D eigenvalue weighted by Crippen LogP contribution is 2.10. The number of likely N-dealkylation sites (N-methyl/N-ethyl adjacent to an activating group) is 2. The summed E-state index contributed by atoms with van der Waals surface area (Å²) in [4.78, 5) is 53.7. The number of aliphatic hydroxyl groups excluding tert-OH is 1. The molecule has 0 saturated carbocycles. The predicted octanol–water partition coefficient (Wildman–Crippen LogP) is 3.26. The molecular weight excluding hydrogens is 590 g/mol. The van der Waals surface area contributed by atoms with Crippen molar-refractivity contribution in [2.45, 2.75) is 73.0 Å². The second-order valence-corrected chi connectivity index (χ2v) is 9.54. The Hall–Kier alpha value is -3.71. The van der Waals surface area contributed by atoms with Gasteiger partial charge >= 0.3 is 0 Å². The Kier molecular flexibility index (Phi) is 42.0. The third-order valence-corrected chi connectivity index (χ3v) is 4.97. The third-order valence-electron chi connectivity index (χ3n) is 4.97. The van der Waals surface area contributed by atoms with Crippen LogP contribution in [0, 0.1) is 0 Å². The highest BCUT2D eigenvalue weighted by atomic mass is 16.5. The van der Waals surface area contributed by atoms with Crippen molar-refractivity contribution in [2.75, 3.05) is 59.3 Å². The van der Waals surface area contributed by atoms with Gasteiger partial charge in [-0.15, -0.1) is 0 Å². The van der Waals surface area contributed by atoms with Crippen LogP contribution in [0.25, 0.3) is 0 Å². The molecule has 1 aromatic rings. The molecule has 0 aromatic heterocycles. The molecule has 12 nitrogen and oxygen atoms in total. The number of benzene rings is 1. The summed E-state index contributed by atoms with van der Waals surface area (Å²) < 4.78 is 5.20. The fraction of sp³-hybridized carbons (Fsp3) is 0.559. The van der Waals surface area contributed by atoms with Crippen molar-refractivity contribution >= 4 is 36.4 Å². The monoisotopic (exact) mass is 651 g/mol. The molecule has 0 heterocycles. The molecule has 264 valence electrons. The van der Waals surface area contributed by atoms with E-state index in [9.17, 15) is 24.0 Å². The molecule has 0 spiro atoms. The standard InChI is InChI=1S/C16H25N3O2.C9H18N2O3.C4H4O2.C3H8.C2H6/c1-12(2)18-10-4-5-15(17-3)16(21)19-14-8-6-13(11-20)7-9-14;1-11(2)5-8-14-7-3-9(13)10-4-6-12;5-3-1-2-4-6;1-3-2;1-2/h6-9,15,17-18,20H,1,4-5,10-11H2,2-3H3,(H,19,21);6H,3-5,7-8H2,1-2H3,(H,10,13);1-4H;3H2,1-2H3;1-2H3/b;;2-1-;;. The van der Waals surface area contributed by atoms with Crippen LogP contribution in [0.4, 0.5) is 5.69 Å². The van der Waals surface area contributed by atoms with Crippen molar-refractivity contribution in [1.29, 1.82) is 0 Å². The van der Waals surface area contributed by atoms with Gasteiger partial charge in [0, 0.05) is 30.9 Å². The zero-order valence-electron chi connectivity index (χ0n) is 29.4. The van der Waals surface area contributed by atoms with Crippen molar-refractivity contribution in [1.82, 2.24) is 20.9 Å². The first-order valence-electron chi connectivity index (χ1n) is 15.6. The minimum Gasteiger partial charge on any atom is -0.392 e. The number of nitrogens with zero attached hydrogens (tertiary/aromatic N) is 1. The molecule has 0 fully saturated rings. The number of carbonyl (C=O) groups is 5. The minimum absolute atomic E-state index is 0.00306. The summed E-state index contributed by atoms with van der Waals surface area (Å²) >= 11 is 0. The van der Waals surface area contributed by atoms with Crippen molar-refractivity contribution in [3.05, 3.63) is 54.3 Å².